The Bertz CT molecular complexity index is 1370. The van der Waals surface area contributed by atoms with E-state index in [2.05, 4.69) is 5.32 Å². The predicted molar refractivity (Wildman–Crippen MR) is 126 cm³/mol. The first-order chi connectivity index (χ1) is 15.8. The van der Waals surface area contributed by atoms with E-state index in [9.17, 15) is 18.0 Å². The molecule has 1 saturated heterocycles. The minimum atomic E-state index is -3.70. The zero-order valence-corrected chi connectivity index (χ0v) is 19.2. The van der Waals surface area contributed by atoms with Crippen LogP contribution in [-0.2, 0) is 16.6 Å². The fraction of sp³-hybridized carbons (Fsp3) is 0.250. The van der Waals surface area contributed by atoms with Crippen LogP contribution in [-0.4, -0.2) is 36.3 Å². The first-order valence-corrected chi connectivity index (χ1v) is 12.5. The Hall–Kier alpha value is -2.94. The first kappa shape index (κ1) is 21.9. The van der Waals surface area contributed by atoms with Crippen molar-refractivity contribution in [1.29, 1.82) is 0 Å². The Morgan fingerprint density at radius 2 is 1.67 bits per heavy atom. The van der Waals surface area contributed by atoms with Crippen molar-refractivity contribution in [2.45, 2.75) is 23.8 Å². The number of pyridine rings is 1. The summed E-state index contributed by atoms with van der Waals surface area (Å²) in [5.41, 5.74) is 1.82. The van der Waals surface area contributed by atoms with E-state index < -0.39 is 10.0 Å². The van der Waals surface area contributed by atoms with Gasteiger partial charge in [0.05, 0.1) is 4.90 Å². The molecular weight excluding hydrogens is 462 g/mol. The maximum Gasteiger partial charge on any atom is 0.255 e. The first-order valence-electron chi connectivity index (χ1n) is 10.7. The lowest BCUT2D eigenvalue weighted by molar-refractivity contribution is 0.102. The average molecular weight is 484 g/mol. The molecule has 1 fully saturated rings. The van der Waals surface area contributed by atoms with E-state index in [4.69, 9.17) is 11.6 Å². The largest absolute Gasteiger partial charge is 0.322 e. The Morgan fingerprint density at radius 3 is 2.39 bits per heavy atom. The summed E-state index contributed by atoms with van der Waals surface area (Å²) in [6, 6.07) is 17.9. The number of hydrogen-bond acceptors (Lipinski definition) is 4. The molecule has 2 bridgehead atoms. The van der Waals surface area contributed by atoms with E-state index in [-0.39, 0.29) is 28.2 Å². The normalized spacial score (nSPS) is 20.2. The van der Waals surface area contributed by atoms with Crippen LogP contribution in [0, 0.1) is 5.92 Å². The minimum Gasteiger partial charge on any atom is -0.322 e. The lowest BCUT2D eigenvalue weighted by Gasteiger charge is -2.42. The number of fused-ring (bicyclic) bond motifs is 4. The third kappa shape index (κ3) is 4.21. The molecule has 9 heteroatoms. The van der Waals surface area contributed by atoms with Gasteiger partial charge in [0.15, 0.2) is 0 Å². The van der Waals surface area contributed by atoms with E-state index in [1.165, 1.54) is 16.4 Å². The minimum absolute atomic E-state index is 0.000822. The van der Waals surface area contributed by atoms with Crippen molar-refractivity contribution >= 4 is 33.2 Å². The molecule has 3 heterocycles. The van der Waals surface area contributed by atoms with Gasteiger partial charge in [0.25, 0.3) is 11.5 Å². The van der Waals surface area contributed by atoms with E-state index in [1.54, 1.807) is 53.1 Å². The quantitative estimate of drug-likeness (QED) is 0.614. The number of nitrogens with one attached hydrogen (secondary N) is 1. The number of carbonyl (C=O) groups is 1. The molecule has 0 spiro atoms. The molecule has 2 aliphatic heterocycles. The second-order valence-corrected chi connectivity index (χ2v) is 10.9. The lowest BCUT2D eigenvalue weighted by atomic mass is 9.84. The molecular formula is C24H22ClN3O4S. The van der Waals surface area contributed by atoms with Crippen molar-refractivity contribution in [2.75, 3.05) is 18.4 Å². The number of rotatable bonds is 4. The molecule has 1 N–H and O–H groups in total. The van der Waals surface area contributed by atoms with Gasteiger partial charge in [-0.1, -0.05) is 17.7 Å². The van der Waals surface area contributed by atoms with Gasteiger partial charge >= 0.3 is 0 Å². The third-order valence-electron chi connectivity index (χ3n) is 6.30. The Labute approximate surface area is 196 Å². The van der Waals surface area contributed by atoms with E-state index in [1.807, 2.05) is 6.07 Å². The lowest BCUT2D eigenvalue weighted by Crippen LogP contribution is -2.48. The summed E-state index contributed by atoms with van der Waals surface area (Å²) >= 11 is 5.86. The third-order valence-corrected chi connectivity index (χ3v) is 8.40. The molecule has 5 rings (SSSR count). The molecule has 170 valence electrons. The molecule has 1 amide bonds. The Balaban J connectivity index is 1.33. The van der Waals surface area contributed by atoms with Crippen LogP contribution in [0.25, 0.3) is 0 Å². The molecule has 2 atom stereocenters. The maximum atomic E-state index is 13.3. The number of piperidine rings is 1. The summed E-state index contributed by atoms with van der Waals surface area (Å²) in [6.45, 7) is 1.26. The van der Waals surface area contributed by atoms with Crippen molar-refractivity contribution < 1.29 is 13.2 Å². The van der Waals surface area contributed by atoms with E-state index in [0.29, 0.717) is 35.9 Å². The fourth-order valence-corrected chi connectivity index (χ4v) is 6.40. The van der Waals surface area contributed by atoms with E-state index >= 15 is 0 Å². The summed E-state index contributed by atoms with van der Waals surface area (Å²) in [7, 11) is -3.70. The average Bonchev–Trinajstić information content (AvgIpc) is 2.80. The SMILES string of the molecule is O=C(Nc1ccc(S(=O)(=O)N2C[C@@H]3C[C@H](C2)c2cccc(=O)n2C3)cc1)c1ccc(Cl)cc1. The molecule has 0 aliphatic carbocycles. The van der Waals surface area contributed by atoms with E-state index in [0.717, 1.165) is 12.1 Å². The maximum absolute atomic E-state index is 13.3. The van der Waals surface area contributed by atoms with Crippen molar-refractivity contribution in [3.8, 4) is 0 Å². The predicted octanol–water partition coefficient (Wildman–Crippen LogP) is 3.56. The highest BCUT2D eigenvalue weighted by Crippen LogP contribution is 2.37. The number of aromatic nitrogens is 1. The van der Waals surface area contributed by atoms with Gasteiger partial charge < -0.3 is 9.88 Å². The molecule has 0 unspecified atom stereocenters. The number of nitrogens with zero attached hydrogens (tertiary/aromatic N) is 2. The van der Waals surface area contributed by atoms with Crippen molar-refractivity contribution in [3.05, 3.63) is 93.4 Å². The number of sulfonamides is 1. The van der Waals surface area contributed by atoms with Gasteiger partial charge in [0, 0.05) is 53.6 Å². The smallest absolute Gasteiger partial charge is 0.255 e. The second-order valence-electron chi connectivity index (χ2n) is 8.51. The standard InChI is InChI=1S/C24H22ClN3O4S/c25-19-6-4-17(5-7-19)24(30)26-20-8-10-21(11-9-20)33(31,32)27-13-16-12-18(15-27)22-2-1-3-23(29)28(22)14-16/h1-11,16,18H,12-15H2,(H,26,30)/t16-,18+/m0/s1. The van der Waals surface area contributed by atoms with Gasteiger partial charge in [-0.3, -0.25) is 9.59 Å². The number of anilines is 1. The molecule has 0 saturated carbocycles. The van der Waals surface area contributed by atoms with Gasteiger partial charge in [-0.2, -0.15) is 4.31 Å². The van der Waals surface area contributed by atoms with Crippen molar-refractivity contribution in [1.82, 2.24) is 8.87 Å². The van der Waals surface area contributed by atoms with Crippen LogP contribution < -0.4 is 10.9 Å². The zero-order chi connectivity index (χ0) is 23.2. The summed E-state index contributed by atoms with van der Waals surface area (Å²) < 4.78 is 30.0. The number of amides is 1. The molecule has 2 aliphatic rings. The monoisotopic (exact) mass is 483 g/mol. The van der Waals surface area contributed by atoms with Gasteiger partial charge in [0.2, 0.25) is 10.0 Å². The summed E-state index contributed by atoms with van der Waals surface area (Å²) in [5, 5.41) is 3.30. The number of benzene rings is 2. The Kier molecular flexibility index (Phi) is 5.60. The molecule has 1 aromatic heterocycles. The summed E-state index contributed by atoms with van der Waals surface area (Å²) in [6.07, 6.45) is 0.880. The number of hydrogen-bond donors (Lipinski definition) is 1. The molecule has 2 aromatic carbocycles. The van der Waals surface area contributed by atoms with Gasteiger partial charge in [0.1, 0.15) is 0 Å². The van der Waals surface area contributed by atoms with Crippen LogP contribution in [0.2, 0.25) is 5.02 Å². The highest BCUT2D eigenvalue weighted by atomic mass is 35.5. The van der Waals surface area contributed by atoms with Crippen LogP contribution in [0.5, 0.6) is 0 Å². The number of carbonyl (C=O) groups excluding carboxylic acids is 1. The number of halogens is 1. The molecule has 3 aromatic rings. The second kappa shape index (κ2) is 8.44. The van der Waals surface area contributed by atoms with Crippen LogP contribution in [0.1, 0.15) is 28.4 Å². The van der Waals surface area contributed by atoms with Crippen LogP contribution in [0.3, 0.4) is 0 Å². The van der Waals surface area contributed by atoms with Crippen molar-refractivity contribution in [2.24, 2.45) is 5.92 Å². The molecule has 33 heavy (non-hydrogen) atoms. The van der Waals surface area contributed by atoms with Gasteiger partial charge in [-0.15, -0.1) is 0 Å². The van der Waals surface area contributed by atoms with Crippen LogP contribution in [0.15, 0.2) is 76.4 Å². The highest BCUT2D eigenvalue weighted by Gasteiger charge is 2.39. The van der Waals surface area contributed by atoms with Crippen molar-refractivity contribution in [3.63, 3.8) is 0 Å². The Morgan fingerprint density at radius 1 is 0.939 bits per heavy atom. The van der Waals surface area contributed by atoms with Crippen LogP contribution in [0.4, 0.5) is 5.69 Å². The van der Waals surface area contributed by atoms with Gasteiger partial charge in [-0.05, 0) is 66.9 Å². The topological polar surface area (TPSA) is 88.5 Å². The zero-order valence-electron chi connectivity index (χ0n) is 17.6. The van der Waals surface area contributed by atoms with Crippen LogP contribution >= 0.6 is 11.6 Å². The van der Waals surface area contributed by atoms with Gasteiger partial charge in [-0.25, -0.2) is 8.42 Å². The molecule has 7 nitrogen and oxygen atoms in total. The fourth-order valence-electron chi connectivity index (χ4n) is 4.71. The summed E-state index contributed by atoms with van der Waals surface area (Å²) in [4.78, 5) is 24.8. The highest BCUT2D eigenvalue weighted by molar-refractivity contribution is 7.89. The summed E-state index contributed by atoms with van der Waals surface area (Å²) in [5.74, 6) is -0.205. The molecule has 0 radical (unpaired) electrons.